The molecule has 2 fully saturated rings. The molecule has 1 aromatic rings. The zero-order valence-electron chi connectivity index (χ0n) is 17.5. The Labute approximate surface area is 165 Å². The summed E-state index contributed by atoms with van der Waals surface area (Å²) >= 11 is 0. The predicted molar refractivity (Wildman–Crippen MR) is 112 cm³/mol. The summed E-state index contributed by atoms with van der Waals surface area (Å²) in [5.74, 6) is 1.65. The molecule has 2 aliphatic rings. The molecule has 0 N–H and O–H groups in total. The number of ether oxygens (including phenoxy) is 1. The highest BCUT2D eigenvalue weighted by atomic mass is 16.5. The number of allylic oxidation sites excluding steroid dienone is 1. The lowest BCUT2D eigenvalue weighted by atomic mass is 9.64. The normalized spacial score (nSPS) is 29.3. The predicted octanol–water partition coefficient (Wildman–Crippen LogP) is 6.45. The summed E-state index contributed by atoms with van der Waals surface area (Å²) in [6, 6.07) is 10.7. The Morgan fingerprint density at radius 3 is 2.33 bits per heavy atom. The molecule has 0 aromatic heterocycles. The number of rotatable bonds is 4. The standard InChI is InChI=1S/C25H36O2/c1-18-10-13-20(14-11-18)17-24(26)27-23-16-19(2)12-15-22(23)25(3,4)21-8-6-5-7-9-21/h5-9,17-19,22-23H,10-16H2,1-4H3/t18?,19-,22-,23-/m1/s1. The van der Waals surface area contributed by atoms with Gasteiger partial charge in [-0.15, -0.1) is 0 Å². The molecule has 3 atom stereocenters. The van der Waals surface area contributed by atoms with Gasteiger partial charge in [0.15, 0.2) is 0 Å². The molecule has 0 unspecified atom stereocenters. The van der Waals surface area contributed by atoms with Gasteiger partial charge in [0.2, 0.25) is 0 Å². The third kappa shape index (κ3) is 5.03. The summed E-state index contributed by atoms with van der Waals surface area (Å²) in [5, 5.41) is 0. The number of carbonyl (C=O) groups excluding carboxylic acids is 1. The first-order valence-corrected chi connectivity index (χ1v) is 10.8. The lowest BCUT2D eigenvalue weighted by Gasteiger charge is -2.43. The maximum atomic E-state index is 12.7. The van der Waals surface area contributed by atoms with E-state index in [9.17, 15) is 4.79 Å². The summed E-state index contributed by atoms with van der Waals surface area (Å²) in [7, 11) is 0. The molecule has 2 nitrogen and oxygen atoms in total. The fourth-order valence-corrected chi connectivity index (χ4v) is 4.99. The first-order valence-electron chi connectivity index (χ1n) is 10.8. The van der Waals surface area contributed by atoms with E-state index in [0.29, 0.717) is 11.8 Å². The lowest BCUT2D eigenvalue weighted by Crippen LogP contribution is -2.43. The van der Waals surface area contributed by atoms with E-state index in [4.69, 9.17) is 4.74 Å². The van der Waals surface area contributed by atoms with Crippen molar-refractivity contribution in [2.45, 2.75) is 84.2 Å². The van der Waals surface area contributed by atoms with E-state index < -0.39 is 0 Å². The van der Waals surface area contributed by atoms with Gasteiger partial charge in [-0.25, -0.2) is 4.79 Å². The molecule has 0 aliphatic heterocycles. The van der Waals surface area contributed by atoms with Gasteiger partial charge in [0.1, 0.15) is 6.10 Å². The average molecular weight is 369 g/mol. The van der Waals surface area contributed by atoms with Crippen LogP contribution in [0.3, 0.4) is 0 Å². The third-order valence-electron chi connectivity index (χ3n) is 7.00. The quantitative estimate of drug-likeness (QED) is 0.451. The molecule has 2 aliphatic carbocycles. The van der Waals surface area contributed by atoms with Gasteiger partial charge in [0, 0.05) is 12.0 Å². The monoisotopic (exact) mass is 368 g/mol. The van der Waals surface area contributed by atoms with Gasteiger partial charge in [-0.3, -0.25) is 0 Å². The van der Waals surface area contributed by atoms with E-state index in [2.05, 4.69) is 58.0 Å². The molecule has 27 heavy (non-hydrogen) atoms. The Hall–Kier alpha value is -1.57. The fraction of sp³-hybridized carbons (Fsp3) is 0.640. The van der Waals surface area contributed by atoms with Gasteiger partial charge in [-0.1, -0.05) is 70.0 Å². The van der Waals surface area contributed by atoms with Gasteiger partial charge >= 0.3 is 5.97 Å². The van der Waals surface area contributed by atoms with E-state index >= 15 is 0 Å². The van der Waals surface area contributed by atoms with Crippen LogP contribution in [0.1, 0.15) is 78.2 Å². The molecule has 1 aromatic carbocycles. The Morgan fingerprint density at radius 2 is 1.67 bits per heavy atom. The second-order valence-electron chi connectivity index (χ2n) is 9.57. The van der Waals surface area contributed by atoms with Crippen LogP contribution >= 0.6 is 0 Å². The van der Waals surface area contributed by atoms with Crippen molar-refractivity contribution in [3.8, 4) is 0 Å². The van der Waals surface area contributed by atoms with Gasteiger partial charge in [-0.05, 0) is 61.3 Å². The maximum absolute atomic E-state index is 12.7. The molecule has 0 spiro atoms. The van der Waals surface area contributed by atoms with Crippen molar-refractivity contribution >= 4 is 5.97 Å². The molecule has 3 rings (SSSR count). The van der Waals surface area contributed by atoms with E-state index in [1.807, 2.05) is 0 Å². The molecule has 0 amide bonds. The zero-order valence-corrected chi connectivity index (χ0v) is 17.5. The Bertz CT molecular complexity index is 648. The summed E-state index contributed by atoms with van der Waals surface area (Å²) in [4.78, 5) is 12.7. The number of esters is 1. The van der Waals surface area contributed by atoms with E-state index in [-0.39, 0.29) is 17.5 Å². The van der Waals surface area contributed by atoms with Crippen LogP contribution in [0.25, 0.3) is 0 Å². The molecule has 0 radical (unpaired) electrons. The largest absolute Gasteiger partial charge is 0.459 e. The molecular formula is C25H36O2. The molecule has 148 valence electrons. The van der Waals surface area contributed by atoms with Crippen molar-refractivity contribution in [2.75, 3.05) is 0 Å². The summed E-state index contributed by atoms with van der Waals surface area (Å²) in [6.45, 7) is 9.21. The second-order valence-corrected chi connectivity index (χ2v) is 9.57. The van der Waals surface area contributed by atoms with E-state index in [1.54, 1.807) is 6.08 Å². The van der Waals surface area contributed by atoms with Crippen LogP contribution in [0.4, 0.5) is 0 Å². The van der Waals surface area contributed by atoms with E-state index in [0.717, 1.165) is 31.6 Å². The van der Waals surface area contributed by atoms with Crippen LogP contribution in [0, 0.1) is 17.8 Å². The number of hydrogen-bond acceptors (Lipinski definition) is 2. The Balaban J connectivity index is 1.72. The van der Waals surface area contributed by atoms with Crippen LogP contribution < -0.4 is 0 Å². The average Bonchev–Trinajstić information content (AvgIpc) is 2.64. The molecule has 2 saturated carbocycles. The summed E-state index contributed by atoms with van der Waals surface area (Å²) < 4.78 is 6.10. The maximum Gasteiger partial charge on any atom is 0.330 e. The van der Waals surface area contributed by atoms with Crippen molar-refractivity contribution < 1.29 is 9.53 Å². The van der Waals surface area contributed by atoms with Gasteiger partial charge < -0.3 is 4.74 Å². The smallest absolute Gasteiger partial charge is 0.330 e. The number of hydrogen-bond donors (Lipinski definition) is 0. The number of carbonyl (C=O) groups is 1. The Kier molecular flexibility index (Phi) is 6.44. The highest BCUT2D eigenvalue weighted by molar-refractivity contribution is 5.83. The fourth-order valence-electron chi connectivity index (χ4n) is 4.99. The highest BCUT2D eigenvalue weighted by Gasteiger charge is 2.41. The van der Waals surface area contributed by atoms with Crippen molar-refractivity contribution in [3.05, 3.63) is 47.5 Å². The molecule has 0 bridgehead atoms. The molecule has 2 heteroatoms. The minimum absolute atomic E-state index is 0.000238. The second kappa shape index (κ2) is 8.63. The summed E-state index contributed by atoms with van der Waals surface area (Å²) in [5.41, 5.74) is 2.62. The minimum atomic E-state index is -0.118. The third-order valence-corrected chi connectivity index (χ3v) is 7.00. The van der Waals surface area contributed by atoms with Crippen LogP contribution in [0.15, 0.2) is 42.0 Å². The number of benzene rings is 1. The first-order chi connectivity index (χ1) is 12.9. The van der Waals surface area contributed by atoms with Gasteiger partial charge in [0.05, 0.1) is 0 Å². The van der Waals surface area contributed by atoms with Crippen molar-refractivity contribution in [1.82, 2.24) is 0 Å². The molecule has 0 heterocycles. The zero-order chi connectivity index (χ0) is 19.4. The van der Waals surface area contributed by atoms with Crippen LogP contribution in [-0.2, 0) is 14.9 Å². The first kappa shape index (κ1) is 20.2. The molecule has 0 saturated heterocycles. The van der Waals surface area contributed by atoms with Crippen molar-refractivity contribution in [2.24, 2.45) is 17.8 Å². The van der Waals surface area contributed by atoms with Crippen LogP contribution in [0.2, 0.25) is 0 Å². The van der Waals surface area contributed by atoms with Crippen LogP contribution in [-0.4, -0.2) is 12.1 Å². The van der Waals surface area contributed by atoms with Gasteiger partial charge in [-0.2, -0.15) is 0 Å². The lowest BCUT2D eigenvalue weighted by molar-refractivity contribution is -0.150. The highest BCUT2D eigenvalue weighted by Crippen LogP contribution is 2.43. The SMILES string of the molecule is CC1CCC(=CC(=O)O[C@@H]2C[C@H](C)CC[C@H]2C(C)(C)c2ccccc2)CC1. The van der Waals surface area contributed by atoms with E-state index in [1.165, 1.54) is 30.4 Å². The molecular weight excluding hydrogens is 332 g/mol. The van der Waals surface area contributed by atoms with Crippen LogP contribution in [0.5, 0.6) is 0 Å². The van der Waals surface area contributed by atoms with Crippen molar-refractivity contribution in [3.63, 3.8) is 0 Å². The van der Waals surface area contributed by atoms with Crippen molar-refractivity contribution in [1.29, 1.82) is 0 Å². The Morgan fingerprint density at radius 1 is 1.00 bits per heavy atom. The minimum Gasteiger partial charge on any atom is -0.459 e. The van der Waals surface area contributed by atoms with Gasteiger partial charge in [0.25, 0.3) is 0 Å². The summed E-state index contributed by atoms with van der Waals surface area (Å²) in [6.07, 6.45) is 9.63. The topological polar surface area (TPSA) is 26.3 Å².